The Balaban J connectivity index is 2.16. The first kappa shape index (κ1) is 10.9. The molecule has 0 aliphatic carbocycles. The topological polar surface area (TPSA) is 21.3 Å². The van der Waals surface area contributed by atoms with Crippen molar-refractivity contribution in [3.8, 4) is 0 Å². The van der Waals surface area contributed by atoms with Gasteiger partial charge in [0.25, 0.3) is 0 Å². The molecule has 2 rings (SSSR count). The fraction of sp³-hybridized carbons (Fsp3) is 0.500. The van der Waals surface area contributed by atoms with Gasteiger partial charge >= 0.3 is 0 Å². The quantitative estimate of drug-likeness (QED) is 0.852. The third-order valence-electron chi connectivity index (χ3n) is 3.11. The molecule has 0 aromatic heterocycles. The second kappa shape index (κ2) is 4.52. The molecule has 1 unspecified atom stereocenters. The predicted molar refractivity (Wildman–Crippen MR) is 62.4 cm³/mol. The smallest absolute Gasteiger partial charge is 0.0855 e. The first-order valence-corrected chi connectivity index (χ1v) is 5.63. The zero-order valence-electron chi connectivity index (χ0n) is 8.92. The predicted octanol–water partition coefficient (Wildman–Crippen LogP) is 2.26. The summed E-state index contributed by atoms with van der Waals surface area (Å²) in [6.07, 6.45) is 1.94. The number of methoxy groups -OCH3 is 1. The second-order valence-corrected chi connectivity index (χ2v) is 4.49. The van der Waals surface area contributed by atoms with Crippen LogP contribution in [-0.4, -0.2) is 25.8 Å². The SMILES string of the molecule is COC1(Cc2ccccc2Cl)CCNC1. The van der Waals surface area contributed by atoms with Gasteiger partial charge in [0.2, 0.25) is 0 Å². The van der Waals surface area contributed by atoms with Gasteiger partial charge in [-0.1, -0.05) is 29.8 Å². The summed E-state index contributed by atoms with van der Waals surface area (Å²) in [4.78, 5) is 0. The van der Waals surface area contributed by atoms with Crippen molar-refractivity contribution in [1.82, 2.24) is 5.32 Å². The van der Waals surface area contributed by atoms with Crippen molar-refractivity contribution in [2.45, 2.75) is 18.4 Å². The van der Waals surface area contributed by atoms with Crippen molar-refractivity contribution in [2.75, 3.05) is 20.2 Å². The lowest BCUT2D eigenvalue weighted by Gasteiger charge is -2.27. The summed E-state index contributed by atoms with van der Waals surface area (Å²) in [7, 11) is 1.78. The molecule has 15 heavy (non-hydrogen) atoms. The largest absolute Gasteiger partial charge is 0.377 e. The van der Waals surface area contributed by atoms with Gasteiger partial charge in [0.15, 0.2) is 0 Å². The number of hydrogen-bond donors (Lipinski definition) is 1. The Kier molecular flexibility index (Phi) is 3.29. The number of halogens is 1. The highest BCUT2D eigenvalue weighted by Crippen LogP contribution is 2.27. The Morgan fingerprint density at radius 2 is 2.27 bits per heavy atom. The molecule has 1 atom stereocenters. The van der Waals surface area contributed by atoms with Crippen LogP contribution in [0.25, 0.3) is 0 Å². The van der Waals surface area contributed by atoms with Crippen LogP contribution in [0.2, 0.25) is 5.02 Å². The summed E-state index contributed by atoms with van der Waals surface area (Å²) in [5, 5.41) is 4.17. The molecule has 1 N–H and O–H groups in total. The zero-order valence-corrected chi connectivity index (χ0v) is 9.68. The molecule has 0 saturated carbocycles. The van der Waals surface area contributed by atoms with Crippen LogP contribution < -0.4 is 5.32 Å². The lowest BCUT2D eigenvalue weighted by Crippen LogP contribution is -2.36. The Labute approximate surface area is 95.6 Å². The maximum Gasteiger partial charge on any atom is 0.0855 e. The maximum absolute atomic E-state index is 6.15. The summed E-state index contributed by atoms with van der Waals surface area (Å²) in [5.74, 6) is 0. The van der Waals surface area contributed by atoms with Gasteiger partial charge in [-0.3, -0.25) is 0 Å². The van der Waals surface area contributed by atoms with E-state index in [4.69, 9.17) is 16.3 Å². The highest BCUT2D eigenvalue weighted by atomic mass is 35.5. The molecule has 1 aliphatic heterocycles. The lowest BCUT2D eigenvalue weighted by molar-refractivity contribution is 0.00777. The number of benzene rings is 1. The van der Waals surface area contributed by atoms with Crippen LogP contribution in [-0.2, 0) is 11.2 Å². The Hall–Kier alpha value is -0.570. The molecular formula is C12H16ClNO. The Morgan fingerprint density at radius 1 is 1.47 bits per heavy atom. The summed E-state index contributed by atoms with van der Waals surface area (Å²) >= 11 is 6.15. The molecular weight excluding hydrogens is 210 g/mol. The van der Waals surface area contributed by atoms with Gasteiger partial charge < -0.3 is 10.1 Å². The van der Waals surface area contributed by atoms with Gasteiger partial charge in [0.05, 0.1) is 5.60 Å². The number of rotatable bonds is 3. The van der Waals surface area contributed by atoms with E-state index in [2.05, 4.69) is 11.4 Å². The molecule has 3 heteroatoms. The zero-order chi connectivity index (χ0) is 10.7. The van der Waals surface area contributed by atoms with Crippen LogP contribution >= 0.6 is 11.6 Å². The molecule has 1 aromatic rings. The molecule has 2 nitrogen and oxygen atoms in total. The molecule has 0 bridgehead atoms. The van der Waals surface area contributed by atoms with Gasteiger partial charge in [0, 0.05) is 25.1 Å². The van der Waals surface area contributed by atoms with E-state index < -0.39 is 0 Å². The second-order valence-electron chi connectivity index (χ2n) is 4.08. The molecule has 1 saturated heterocycles. The van der Waals surface area contributed by atoms with Crippen molar-refractivity contribution < 1.29 is 4.74 Å². The molecule has 0 amide bonds. The minimum Gasteiger partial charge on any atom is -0.377 e. The monoisotopic (exact) mass is 225 g/mol. The van der Waals surface area contributed by atoms with E-state index in [0.29, 0.717) is 0 Å². The molecule has 1 aromatic carbocycles. The molecule has 1 fully saturated rings. The van der Waals surface area contributed by atoms with Crippen molar-refractivity contribution in [3.63, 3.8) is 0 Å². The highest BCUT2D eigenvalue weighted by Gasteiger charge is 2.34. The van der Waals surface area contributed by atoms with Gasteiger partial charge in [0.1, 0.15) is 0 Å². The summed E-state index contributed by atoms with van der Waals surface area (Å²) in [6.45, 7) is 1.94. The van der Waals surface area contributed by atoms with Crippen LogP contribution in [0.15, 0.2) is 24.3 Å². The maximum atomic E-state index is 6.15. The van der Waals surface area contributed by atoms with E-state index in [-0.39, 0.29) is 5.60 Å². The normalized spacial score (nSPS) is 25.7. The minimum absolute atomic E-state index is 0.0645. The van der Waals surface area contributed by atoms with E-state index in [9.17, 15) is 0 Å². The van der Waals surface area contributed by atoms with Gasteiger partial charge in [-0.25, -0.2) is 0 Å². The molecule has 82 valence electrons. The van der Waals surface area contributed by atoms with E-state index in [0.717, 1.165) is 31.0 Å². The summed E-state index contributed by atoms with van der Waals surface area (Å²) in [5.41, 5.74) is 1.11. The van der Waals surface area contributed by atoms with Gasteiger partial charge in [-0.05, 0) is 24.6 Å². The Morgan fingerprint density at radius 3 is 2.87 bits per heavy atom. The first-order chi connectivity index (χ1) is 7.26. The molecule has 0 radical (unpaired) electrons. The minimum atomic E-state index is -0.0645. The number of ether oxygens (including phenoxy) is 1. The highest BCUT2D eigenvalue weighted by molar-refractivity contribution is 6.31. The first-order valence-electron chi connectivity index (χ1n) is 5.25. The number of nitrogens with one attached hydrogen (secondary N) is 1. The lowest BCUT2D eigenvalue weighted by atomic mass is 9.93. The van der Waals surface area contributed by atoms with E-state index in [1.807, 2.05) is 18.2 Å². The average Bonchev–Trinajstić information content (AvgIpc) is 2.71. The van der Waals surface area contributed by atoms with Crippen molar-refractivity contribution in [3.05, 3.63) is 34.9 Å². The third kappa shape index (κ3) is 2.33. The van der Waals surface area contributed by atoms with Crippen LogP contribution in [0.1, 0.15) is 12.0 Å². The van der Waals surface area contributed by atoms with Gasteiger partial charge in [-0.15, -0.1) is 0 Å². The number of hydrogen-bond acceptors (Lipinski definition) is 2. The van der Waals surface area contributed by atoms with Crippen LogP contribution in [0.5, 0.6) is 0 Å². The van der Waals surface area contributed by atoms with Gasteiger partial charge in [-0.2, -0.15) is 0 Å². The summed E-state index contributed by atoms with van der Waals surface area (Å²) in [6, 6.07) is 7.98. The Bertz CT molecular complexity index is 334. The van der Waals surface area contributed by atoms with Crippen molar-refractivity contribution in [2.24, 2.45) is 0 Å². The average molecular weight is 226 g/mol. The van der Waals surface area contributed by atoms with E-state index >= 15 is 0 Å². The van der Waals surface area contributed by atoms with Crippen LogP contribution in [0, 0.1) is 0 Å². The fourth-order valence-corrected chi connectivity index (χ4v) is 2.31. The summed E-state index contributed by atoms with van der Waals surface area (Å²) < 4.78 is 5.64. The van der Waals surface area contributed by atoms with Crippen molar-refractivity contribution >= 4 is 11.6 Å². The van der Waals surface area contributed by atoms with Crippen molar-refractivity contribution in [1.29, 1.82) is 0 Å². The molecule has 1 aliphatic rings. The molecule has 1 heterocycles. The fourth-order valence-electron chi connectivity index (χ4n) is 2.11. The van der Waals surface area contributed by atoms with Crippen LogP contribution in [0.4, 0.5) is 0 Å². The van der Waals surface area contributed by atoms with E-state index in [1.165, 1.54) is 5.56 Å². The third-order valence-corrected chi connectivity index (χ3v) is 3.48. The standard InChI is InChI=1S/C12H16ClNO/c1-15-12(6-7-14-9-12)8-10-4-2-3-5-11(10)13/h2-5,14H,6-9H2,1H3. The molecule has 0 spiro atoms. The van der Waals surface area contributed by atoms with Crippen LogP contribution in [0.3, 0.4) is 0 Å². The van der Waals surface area contributed by atoms with E-state index in [1.54, 1.807) is 7.11 Å².